The summed E-state index contributed by atoms with van der Waals surface area (Å²) in [6, 6.07) is -0.0353. The molecule has 1 saturated carbocycles. The highest BCUT2D eigenvalue weighted by Crippen LogP contribution is 2.35. The number of rotatable bonds is 4. The molecule has 1 aliphatic carbocycles. The van der Waals surface area contributed by atoms with Crippen molar-refractivity contribution in [1.29, 1.82) is 0 Å². The van der Waals surface area contributed by atoms with E-state index >= 15 is 0 Å². The first-order chi connectivity index (χ1) is 8.68. The van der Waals surface area contributed by atoms with E-state index in [9.17, 15) is 4.79 Å². The summed E-state index contributed by atoms with van der Waals surface area (Å²) in [5.41, 5.74) is 0. The topological polar surface area (TPSA) is 38.3 Å². The average molecular weight is 253 g/mol. The van der Waals surface area contributed by atoms with Crippen LogP contribution < -0.4 is 5.32 Å². The fourth-order valence-electron chi connectivity index (χ4n) is 3.39. The number of nitrogens with one attached hydrogen (secondary N) is 1. The molecule has 1 aliphatic heterocycles. The van der Waals surface area contributed by atoms with Crippen LogP contribution >= 0.6 is 0 Å². The van der Waals surface area contributed by atoms with Crippen LogP contribution in [-0.4, -0.2) is 25.2 Å². The normalized spacial score (nSPS) is 29.7. The molecule has 2 atom stereocenters. The lowest BCUT2D eigenvalue weighted by Crippen LogP contribution is -2.40. The van der Waals surface area contributed by atoms with Crippen molar-refractivity contribution >= 4 is 5.97 Å². The van der Waals surface area contributed by atoms with Gasteiger partial charge >= 0.3 is 5.97 Å². The molecule has 0 aromatic heterocycles. The van der Waals surface area contributed by atoms with Crippen LogP contribution in [0.1, 0.15) is 52.4 Å². The highest BCUT2D eigenvalue weighted by atomic mass is 16.5. The van der Waals surface area contributed by atoms with Gasteiger partial charge in [0, 0.05) is 0 Å². The lowest BCUT2D eigenvalue weighted by molar-refractivity contribution is -0.148. The first-order valence-corrected chi connectivity index (χ1v) is 7.58. The van der Waals surface area contributed by atoms with Crippen molar-refractivity contribution in [2.45, 2.75) is 58.4 Å². The molecule has 3 nitrogen and oxygen atoms in total. The first-order valence-electron chi connectivity index (χ1n) is 7.58. The Kier molecular flexibility index (Phi) is 5.04. The minimum absolute atomic E-state index is 0.0169. The molecular weight excluding hydrogens is 226 g/mol. The maximum absolute atomic E-state index is 12.1. The van der Waals surface area contributed by atoms with E-state index in [4.69, 9.17) is 4.74 Å². The van der Waals surface area contributed by atoms with Gasteiger partial charge < -0.3 is 10.1 Å². The van der Waals surface area contributed by atoms with Crippen LogP contribution in [0, 0.1) is 17.8 Å². The summed E-state index contributed by atoms with van der Waals surface area (Å²) in [6.45, 7) is 5.68. The van der Waals surface area contributed by atoms with Gasteiger partial charge in [-0.1, -0.05) is 46.0 Å². The van der Waals surface area contributed by atoms with Gasteiger partial charge in [0.15, 0.2) is 0 Å². The lowest BCUT2D eigenvalue weighted by atomic mass is 9.77. The van der Waals surface area contributed by atoms with Crippen molar-refractivity contribution in [2.75, 3.05) is 13.2 Å². The SMILES string of the molecule is CC(C)COC(=O)[C@H]1NCC[C@@H]1C1CCCCC1. The van der Waals surface area contributed by atoms with Crippen molar-refractivity contribution in [2.24, 2.45) is 17.8 Å². The fourth-order valence-corrected chi connectivity index (χ4v) is 3.39. The van der Waals surface area contributed by atoms with Gasteiger partial charge in [0.05, 0.1) is 6.61 Å². The smallest absolute Gasteiger partial charge is 0.323 e. The highest BCUT2D eigenvalue weighted by Gasteiger charge is 2.38. The van der Waals surface area contributed by atoms with E-state index in [0.29, 0.717) is 18.4 Å². The number of carbonyl (C=O) groups is 1. The van der Waals surface area contributed by atoms with Gasteiger partial charge in [0.25, 0.3) is 0 Å². The molecule has 2 fully saturated rings. The van der Waals surface area contributed by atoms with Crippen LogP contribution in [0.25, 0.3) is 0 Å². The predicted molar refractivity (Wildman–Crippen MR) is 72.3 cm³/mol. The van der Waals surface area contributed by atoms with Crippen LogP contribution in [0.3, 0.4) is 0 Å². The zero-order valence-electron chi connectivity index (χ0n) is 11.8. The standard InChI is InChI=1S/C15H27NO2/c1-11(2)10-18-15(17)14-13(8-9-16-14)12-6-4-3-5-7-12/h11-14,16H,3-10H2,1-2H3/t13-,14+/m1/s1. The number of ether oxygens (including phenoxy) is 1. The van der Waals surface area contributed by atoms with Gasteiger partial charge in [-0.15, -0.1) is 0 Å². The minimum Gasteiger partial charge on any atom is -0.464 e. The van der Waals surface area contributed by atoms with E-state index in [0.717, 1.165) is 18.9 Å². The molecule has 1 N–H and O–H groups in total. The minimum atomic E-state index is -0.0353. The fraction of sp³-hybridized carbons (Fsp3) is 0.933. The largest absolute Gasteiger partial charge is 0.464 e. The third-order valence-electron chi connectivity index (χ3n) is 4.34. The summed E-state index contributed by atoms with van der Waals surface area (Å²) >= 11 is 0. The molecule has 2 aliphatic rings. The Hall–Kier alpha value is -0.570. The van der Waals surface area contributed by atoms with E-state index in [1.807, 2.05) is 0 Å². The third kappa shape index (κ3) is 3.47. The Morgan fingerprint density at radius 3 is 2.61 bits per heavy atom. The molecule has 1 heterocycles. The predicted octanol–water partition coefficient (Wildman–Crippen LogP) is 2.74. The van der Waals surface area contributed by atoms with Crippen molar-refractivity contribution < 1.29 is 9.53 Å². The molecule has 0 unspecified atom stereocenters. The molecule has 1 saturated heterocycles. The van der Waals surface area contributed by atoms with Gasteiger partial charge in [-0.3, -0.25) is 4.79 Å². The maximum atomic E-state index is 12.1. The Labute approximate surface area is 111 Å². The summed E-state index contributed by atoms with van der Waals surface area (Å²) in [5.74, 6) is 1.66. The molecule has 3 heteroatoms. The number of hydrogen-bond donors (Lipinski definition) is 1. The molecule has 0 spiro atoms. The Bertz CT molecular complexity index is 272. The zero-order chi connectivity index (χ0) is 13.0. The second-order valence-electron chi connectivity index (χ2n) is 6.31. The van der Waals surface area contributed by atoms with E-state index in [-0.39, 0.29) is 12.0 Å². The summed E-state index contributed by atoms with van der Waals surface area (Å²) < 4.78 is 5.41. The summed E-state index contributed by atoms with van der Waals surface area (Å²) in [4.78, 5) is 12.1. The summed E-state index contributed by atoms with van der Waals surface area (Å²) in [7, 11) is 0. The molecule has 0 aromatic carbocycles. The quantitative estimate of drug-likeness (QED) is 0.783. The molecule has 0 aromatic rings. The summed E-state index contributed by atoms with van der Waals surface area (Å²) in [5, 5.41) is 3.35. The molecule has 0 radical (unpaired) electrons. The monoisotopic (exact) mass is 253 g/mol. The molecule has 18 heavy (non-hydrogen) atoms. The number of hydrogen-bond acceptors (Lipinski definition) is 3. The van der Waals surface area contributed by atoms with Crippen molar-refractivity contribution in [3.63, 3.8) is 0 Å². The average Bonchev–Trinajstić information content (AvgIpc) is 2.86. The van der Waals surface area contributed by atoms with Crippen LogP contribution in [0.4, 0.5) is 0 Å². The molecule has 0 bridgehead atoms. The molecule has 104 valence electrons. The second-order valence-corrected chi connectivity index (χ2v) is 6.31. The van der Waals surface area contributed by atoms with E-state index < -0.39 is 0 Å². The van der Waals surface area contributed by atoms with Gasteiger partial charge in [0.2, 0.25) is 0 Å². The summed E-state index contributed by atoms with van der Waals surface area (Å²) in [6.07, 6.45) is 7.82. The van der Waals surface area contributed by atoms with E-state index in [1.54, 1.807) is 0 Å². The Balaban J connectivity index is 1.87. The Morgan fingerprint density at radius 1 is 1.22 bits per heavy atom. The molecular formula is C15H27NO2. The highest BCUT2D eigenvalue weighted by molar-refractivity contribution is 5.76. The first kappa shape index (κ1) is 13.9. The van der Waals surface area contributed by atoms with Gasteiger partial charge in [-0.25, -0.2) is 0 Å². The Morgan fingerprint density at radius 2 is 1.94 bits per heavy atom. The third-order valence-corrected chi connectivity index (χ3v) is 4.34. The number of carbonyl (C=O) groups excluding carboxylic acids is 1. The van der Waals surface area contributed by atoms with Crippen LogP contribution in [0.5, 0.6) is 0 Å². The van der Waals surface area contributed by atoms with Crippen molar-refractivity contribution in [3.8, 4) is 0 Å². The van der Waals surface area contributed by atoms with Crippen LogP contribution in [0.15, 0.2) is 0 Å². The van der Waals surface area contributed by atoms with Crippen LogP contribution in [0.2, 0.25) is 0 Å². The molecule has 2 rings (SSSR count). The van der Waals surface area contributed by atoms with Gasteiger partial charge in [-0.2, -0.15) is 0 Å². The van der Waals surface area contributed by atoms with E-state index in [2.05, 4.69) is 19.2 Å². The van der Waals surface area contributed by atoms with Gasteiger partial charge in [0.1, 0.15) is 6.04 Å². The second kappa shape index (κ2) is 6.55. The lowest BCUT2D eigenvalue weighted by Gasteiger charge is -2.30. The number of esters is 1. The van der Waals surface area contributed by atoms with Crippen LogP contribution in [-0.2, 0) is 9.53 Å². The zero-order valence-corrected chi connectivity index (χ0v) is 11.8. The molecule has 0 amide bonds. The van der Waals surface area contributed by atoms with Crippen molar-refractivity contribution in [3.05, 3.63) is 0 Å². The van der Waals surface area contributed by atoms with E-state index in [1.165, 1.54) is 32.1 Å². The van der Waals surface area contributed by atoms with Gasteiger partial charge in [-0.05, 0) is 30.7 Å². The maximum Gasteiger partial charge on any atom is 0.323 e. The van der Waals surface area contributed by atoms with Crippen molar-refractivity contribution in [1.82, 2.24) is 5.32 Å².